The molecule has 9 rings (SSSR count). The lowest BCUT2D eigenvalue weighted by Gasteiger charge is -2.26. The summed E-state index contributed by atoms with van der Waals surface area (Å²) in [6.45, 7) is 9.57. The summed E-state index contributed by atoms with van der Waals surface area (Å²) >= 11 is 0. The standard InChI is InChI=1S/C44H34/c1-43(2)37-21-13-12-16-29(37)35-25-36-34-24-28(22-23-38(34)44(3,4)40(36)26-39(35)43)42-32-19-10-8-17-30(32)41(27-14-6-5-7-15-27)31-18-9-11-20-33(31)42/h5-26H,1-4H3. The van der Waals surface area contributed by atoms with Gasteiger partial charge in [-0.05, 0) is 100 Å². The molecule has 0 spiro atoms. The van der Waals surface area contributed by atoms with Crippen molar-refractivity contribution in [3.8, 4) is 44.5 Å². The van der Waals surface area contributed by atoms with E-state index in [0.29, 0.717) is 0 Å². The molecule has 210 valence electrons. The molecule has 0 atom stereocenters. The van der Waals surface area contributed by atoms with E-state index < -0.39 is 0 Å². The van der Waals surface area contributed by atoms with Crippen molar-refractivity contribution in [2.75, 3.05) is 0 Å². The maximum absolute atomic E-state index is 2.53. The van der Waals surface area contributed by atoms with Gasteiger partial charge in [-0.15, -0.1) is 0 Å². The van der Waals surface area contributed by atoms with Gasteiger partial charge in [0.05, 0.1) is 0 Å². The summed E-state index contributed by atoms with van der Waals surface area (Å²) < 4.78 is 0. The molecule has 0 heteroatoms. The van der Waals surface area contributed by atoms with E-state index in [1.165, 1.54) is 88.3 Å². The number of fused-ring (bicyclic) bond motifs is 8. The van der Waals surface area contributed by atoms with E-state index in [0.717, 1.165) is 0 Å². The Hall–Kier alpha value is -4.94. The van der Waals surface area contributed by atoms with Crippen molar-refractivity contribution in [2.24, 2.45) is 0 Å². The quantitative estimate of drug-likeness (QED) is 0.184. The van der Waals surface area contributed by atoms with Gasteiger partial charge in [0.15, 0.2) is 0 Å². The third kappa shape index (κ3) is 3.29. The maximum Gasteiger partial charge on any atom is 0.0158 e. The minimum atomic E-state index is -0.0651. The smallest absolute Gasteiger partial charge is 0.0158 e. The first-order valence-electron chi connectivity index (χ1n) is 15.8. The van der Waals surface area contributed by atoms with Crippen LogP contribution in [0.4, 0.5) is 0 Å². The van der Waals surface area contributed by atoms with Crippen LogP contribution in [0.5, 0.6) is 0 Å². The van der Waals surface area contributed by atoms with Crippen LogP contribution < -0.4 is 0 Å². The average Bonchev–Trinajstić information content (AvgIpc) is 3.42. The molecule has 0 bridgehead atoms. The zero-order valence-corrected chi connectivity index (χ0v) is 25.7. The molecule has 0 saturated carbocycles. The molecule has 0 aliphatic heterocycles. The van der Waals surface area contributed by atoms with Crippen LogP contribution in [0.15, 0.2) is 133 Å². The van der Waals surface area contributed by atoms with E-state index in [1.54, 1.807) is 0 Å². The largest absolute Gasteiger partial charge is 0.0622 e. The minimum absolute atomic E-state index is 0.00466. The third-order valence-corrected chi connectivity index (χ3v) is 10.7. The van der Waals surface area contributed by atoms with Crippen LogP contribution in [-0.2, 0) is 10.8 Å². The number of benzene rings is 7. The molecule has 44 heavy (non-hydrogen) atoms. The van der Waals surface area contributed by atoms with Gasteiger partial charge in [0.25, 0.3) is 0 Å². The average molecular weight is 563 g/mol. The Labute approximate surface area is 259 Å². The Bertz CT molecular complexity index is 2260. The fourth-order valence-electron chi connectivity index (χ4n) is 8.46. The summed E-state index contributed by atoms with van der Waals surface area (Å²) in [4.78, 5) is 0. The third-order valence-electron chi connectivity index (χ3n) is 10.7. The lowest BCUT2D eigenvalue weighted by atomic mass is 9.77. The topological polar surface area (TPSA) is 0 Å². The van der Waals surface area contributed by atoms with Crippen molar-refractivity contribution in [3.05, 3.63) is 156 Å². The Balaban J connectivity index is 1.33. The second-order valence-corrected chi connectivity index (χ2v) is 13.7. The van der Waals surface area contributed by atoms with E-state index in [2.05, 4.69) is 161 Å². The summed E-state index contributed by atoms with van der Waals surface area (Å²) in [6, 6.07) is 50.1. The number of rotatable bonds is 2. The maximum atomic E-state index is 2.53. The normalized spacial score (nSPS) is 15.2. The minimum Gasteiger partial charge on any atom is -0.0622 e. The summed E-state index contributed by atoms with van der Waals surface area (Å²) in [5, 5.41) is 5.19. The lowest BCUT2D eigenvalue weighted by Crippen LogP contribution is -2.18. The van der Waals surface area contributed by atoms with Gasteiger partial charge in [0, 0.05) is 10.8 Å². The van der Waals surface area contributed by atoms with Crippen molar-refractivity contribution < 1.29 is 0 Å². The van der Waals surface area contributed by atoms with Gasteiger partial charge in [-0.2, -0.15) is 0 Å². The summed E-state index contributed by atoms with van der Waals surface area (Å²) in [5.41, 5.74) is 16.4. The van der Waals surface area contributed by atoms with E-state index in [1.807, 2.05) is 0 Å². The van der Waals surface area contributed by atoms with Crippen LogP contribution in [0, 0.1) is 0 Å². The van der Waals surface area contributed by atoms with Crippen LogP contribution in [0.3, 0.4) is 0 Å². The van der Waals surface area contributed by atoms with Gasteiger partial charge < -0.3 is 0 Å². The number of hydrogen-bond acceptors (Lipinski definition) is 0. The van der Waals surface area contributed by atoms with Crippen LogP contribution >= 0.6 is 0 Å². The second kappa shape index (κ2) is 8.80. The molecule has 0 radical (unpaired) electrons. The highest BCUT2D eigenvalue weighted by atomic mass is 14.4. The zero-order valence-electron chi connectivity index (χ0n) is 25.7. The van der Waals surface area contributed by atoms with Crippen molar-refractivity contribution in [1.29, 1.82) is 0 Å². The Morgan fingerprint density at radius 3 is 1.39 bits per heavy atom. The van der Waals surface area contributed by atoms with Crippen LogP contribution in [0.1, 0.15) is 49.9 Å². The summed E-state index contributed by atoms with van der Waals surface area (Å²) in [7, 11) is 0. The first kappa shape index (κ1) is 25.5. The molecular weight excluding hydrogens is 528 g/mol. The molecule has 0 unspecified atom stereocenters. The highest BCUT2D eigenvalue weighted by molar-refractivity contribution is 6.21. The monoisotopic (exact) mass is 562 g/mol. The van der Waals surface area contributed by atoms with Gasteiger partial charge in [0.2, 0.25) is 0 Å². The molecule has 7 aromatic rings. The van der Waals surface area contributed by atoms with Crippen LogP contribution in [0.25, 0.3) is 66.1 Å². The molecule has 2 aliphatic rings. The Morgan fingerprint density at radius 2 is 0.773 bits per heavy atom. The molecule has 0 heterocycles. The Morgan fingerprint density at radius 1 is 0.318 bits per heavy atom. The predicted octanol–water partition coefficient (Wildman–Crippen LogP) is 11.9. The van der Waals surface area contributed by atoms with Crippen molar-refractivity contribution in [1.82, 2.24) is 0 Å². The van der Waals surface area contributed by atoms with E-state index in [9.17, 15) is 0 Å². The second-order valence-electron chi connectivity index (χ2n) is 13.7. The molecule has 7 aromatic carbocycles. The highest BCUT2D eigenvalue weighted by Gasteiger charge is 2.41. The van der Waals surface area contributed by atoms with Gasteiger partial charge >= 0.3 is 0 Å². The van der Waals surface area contributed by atoms with Crippen LogP contribution in [0.2, 0.25) is 0 Å². The lowest BCUT2D eigenvalue weighted by molar-refractivity contribution is 0.639. The molecule has 0 aromatic heterocycles. The molecule has 0 nitrogen and oxygen atoms in total. The molecule has 0 saturated heterocycles. The Kier molecular flexibility index (Phi) is 5.11. The molecular formula is C44H34. The predicted molar refractivity (Wildman–Crippen MR) is 187 cm³/mol. The van der Waals surface area contributed by atoms with E-state index >= 15 is 0 Å². The summed E-state index contributed by atoms with van der Waals surface area (Å²) in [6.07, 6.45) is 0. The van der Waals surface area contributed by atoms with Crippen molar-refractivity contribution in [2.45, 2.75) is 38.5 Å². The first-order chi connectivity index (χ1) is 21.4. The molecule has 0 amide bonds. The fourth-order valence-corrected chi connectivity index (χ4v) is 8.46. The van der Waals surface area contributed by atoms with E-state index in [-0.39, 0.29) is 10.8 Å². The van der Waals surface area contributed by atoms with E-state index in [4.69, 9.17) is 0 Å². The summed E-state index contributed by atoms with van der Waals surface area (Å²) in [5.74, 6) is 0. The molecule has 0 fully saturated rings. The van der Waals surface area contributed by atoms with Crippen LogP contribution in [-0.4, -0.2) is 0 Å². The van der Waals surface area contributed by atoms with Gasteiger partial charge in [0.1, 0.15) is 0 Å². The SMILES string of the molecule is CC1(C)c2ccccc2-c2cc3c(cc21)C(C)(C)c1ccc(-c2c4ccccc4c(-c4ccccc4)c4ccccc24)cc1-3. The van der Waals surface area contributed by atoms with Gasteiger partial charge in [-0.25, -0.2) is 0 Å². The number of hydrogen-bond donors (Lipinski definition) is 0. The van der Waals surface area contributed by atoms with Crippen molar-refractivity contribution in [3.63, 3.8) is 0 Å². The van der Waals surface area contributed by atoms with Gasteiger partial charge in [-0.1, -0.05) is 149 Å². The van der Waals surface area contributed by atoms with Gasteiger partial charge in [-0.3, -0.25) is 0 Å². The van der Waals surface area contributed by atoms with Crippen molar-refractivity contribution >= 4 is 21.5 Å². The highest BCUT2D eigenvalue weighted by Crippen LogP contribution is 2.56. The fraction of sp³-hybridized carbons (Fsp3) is 0.136. The molecule has 0 N–H and O–H groups in total. The molecule has 2 aliphatic carbocycles. The zero-order chi connectivity index (χ0) is 29.8. The first-order valence-corrected chi connectivity index (χ1v) is 15.8.